The Morgan fingerprint density at radius 1 is 1.38 bits per heavy atom. The molecular formula is C8H11N5. The molecule has 0 aromatic carbocycles. The number of aryl methyl sites for hydroxylation is 2. The monoisotopic (exact) mass is 177 g/mol. The topological polar surface area (TPSA) is 61.7 Å². The molecule has 0 spiro atoms. The molecule has 2 aromatic heterocycles. The summed E-state index contributed by atoms with van der Waals surface area (Å²) in [4.78, 5) is 4.20. The van der Waals surface area contributed by atoms with Crippen LogP contribution in [0.1, 0.15) is 0 Å². The molecular weight excluding hydrogens is 166 g/mol. The maximum absolute atomic E-state index is 5.75. The largest absolute Gasteiger partial charge is 0.396 e. The smallest absolute Gasteiger partial charge is 0.111 e. The van der Waals surface area contributed by atoms with Crippen molar-refractivity contribution >= 4 is 5.69 Å². The van der Waals surface area contributed by atoms with E-state index >= 15 is 0 Å². The van der Waals surface area contributed by atoms with Crippen LogP contribution in [0.25, 0.3) is 11.4 Å². The van der Waals surface area contributed by atoms with Gasteiger partial charge in [-0.2, -0.15) is 5.10 Å². The number of rotatable bonds is 1. The first-order chi connectivity index (χ1) is 6.18. The van der Waals surface area contributed by atoms with Crippen LogP contribution in [0.2, 0.25) is 0 Å². The number of nitrogens with zero attached hydrogens (tertiary/aromatic N) is 4. The van der Waals surface area contributed by atoms with E-state index in [2.05, 4.69) is 10.1 Å². The van der Waals surface area contributed by atoms with Crippen molar-refractivity contribution in [3.8, 4) is 11.4 Å². The minimum atomic E-state index is 0.654. The average molecular weight is 177 g/mol. The van der Waals surface area contributed by atoms with E-state index in [9.17, 15) is 0 Å². The Hall–Kier alpha value is -1.78. The molecule has 0 bridgehead atoms. The van der Waals surface area contributed by atoms with E-state index in [1.54, 1.807) is 17.2 Å². The van der Waals surface area contributed by atoms with Crippen LogP contribution >= 0.6 is 0 Å². The Kier molecular flexibility index (Phi) is 1.58. The Balaban J connectivity index is 2.57. The van der Waals surface area contributed by atoms with Crippen molar-refractivity contribution in [3.05, 3.63) is 18.7 Å². The van der Waals surface area contributed by atoms with Gasteiger partial charge in [-0.3, -0.25) is 4.68 Å². The van der Waals surface area contributed by atoms with Crippen LogP contribution in [0.3, 0.4) is 0 Å². The van der Waals surface area contributed by atoms with E-state index in [-0.39, 0.29) is 0 Å². The normalized spacial score (nSPS) is 10.6. The van der Waals surface area contributed by atoms with Gasteiger partial charge in [0.2, 0.25) is 0 Å². The Morgan fingerprint density at radius 2 is 2.15 bits per heavy atom. The Morgan fingerprint density at radius 3 is 2.62 bits per heavy atom. The van der Waals surface area contributed by atoms with Crippen LogP contribution < -0.4 is 5.73 Å². The second-order valence-corrected chi connectivity index (χ2v) is 3.00. The molecule has 2 heterocycles. The minimum Gasteiger partial charge on any atom is -0.396 e. The molecule has 0 aliphatic heterocycles. The molecule has 0 fully saturated rings. The van der Waals surface area contributed by atoms with E-state index in [1.807, 2.05) is 24.9 Å². The number of hydrogen-bond acceptors (Lipinski definition) is 3. The quantitative estimate of drug-likeness (QED) is 0.686. The molecule has 0 unspecified atom stereocenters. The molecule has 13 heavy (non-hydrogen) atoms. The van der Waals surface area contributed by atoms with Gasteiger partial charge in [-0.1, -0.05) is 0 Å². The van der Waals surface area contributed by atoms with E-state index < -0.39 is 0 Å². The number of imidazole rings is 1. The van der Waals surface area contributed by atoms with E-state index in [0.29, 0.717) is 5.69 Å². The Labute approximate surface area is 75.8 Å². The second kappa shape index (κ2) is 2.62. The summed E-state index contributed by atoms with van der Waals surface area (Å²) in [5.41, 5.74) is 8.11. The summed E-state index contributed by atoms with van der Waals surface area (Å²) in [7, 11) is 3.77. The van der Waals surface area contributed by atoms with Crippen molar-refractivity contribution in [2.24, 2.45) is 14.1 Å². The summed E-state index contributed by atoms with van der Waals surface area (Å²) >= 11 is 0. The van der Waals surface area contributed by atoms with E-state index in [4.69, 9.17) is 5.73 Å². The summed E-state index contributed by atoms with van der Waals surface area (Å²) in [6.07, 6.45) is 5.28. The lowest BCUT2D eigenvalue weighted by Gasteiger charge is -1.97. The van der Waals surface area contributed by atoms with Gasteiger partial charge in [0.1, 0.15) is 11.4 Å². The van der Waals surface area contributed by atoms with Gasteiger partial charge in [0.25, 0.3) is 0 Å². The van der Waals surface area contributed by atoms with Crippen molar-refractivity contribution in [1.82, 2.24) is 19.3 Å². The van der Waals surface area contributed by atoms with E-state index in [1.165, 1.54) is 0 Å². The maximum atomic E-state index is 5.75. The van der Waals surface area contributed by atoms with Crippen molar-refractivity contribution in [3.63, 3.8) is 0 Å². The fraction of sp³-hybridized carbons (Fsp3) is 0.250. The molecule has 2 N–H and O–H groups in total. The first-order valence-electron chi connectivity index (χ1n) is 3.94. The van der Waals surface area contributed by atoms with Crippen LogP contribution in [-0.2, 0) is 14.1 Å². The highest BCUT2D eigenvalue weighted by Crippen LogP contribution is 2.22. The molecule has 0 saturated heterocycles. The molecule has 0 aliphatic rings. The van der Waals surface area contributed by atoms with Gasteiger partial charge < -0.3 is 10.3 Å². The predicted octanol–water partition coefficient (Wildman–Crippen LogP) is 0.403. The molecule has 2 aromatic rings. The molecule has 0 atom stereocenters. The molecule has 5 heteroatoms. The van der Waals surface area contributed by atoms with Gasteiger partial charge in [-0.05, 0) is 0 Å². The molecule has 0 aliphatic carbocycles. The van der Waals surface area contributed by atoms with Gasteiger partial charge in [0.05, 0.1) is 18.2 Å². The third-order valence-electron chi connectivity index (χ3n) is 1.91. The zero-order chi connectivity index (χ0) is 9.42. The zero-order valence-corrected chi connectivity index (χ0v) is 7.60. The van der Waals surface area contributed by atoms with Crippen LogP contribution in [-0.4, -0.2) is 19.3 Å². The average Bonchev–Trinajstić information content (AvgIpc) is 2.60. The number of aromatic nitrogens is 4. The van der Waals surface area contributed by atoms with E-state index in [0.717, 1.165) is 11.4 Å². The molecule has 0 saturated carbocycles. The molecule has 5 nitrogen and oxygen atoms in total. The molecule has 0 amide bonds. The minimum absolute atomic E-state index is 0.654. The van der Waals surface area contributed by atoms with Crippen molar-refractivity contribution in [1.29, 1.82) is 0 Å². The summed E-state index contributed by atoms with van der Waals surface area (Å²) in [5, 5.41) is 4.04. The van der Waals surface area contributed by atoms with Crippen LogP contribution in [0, 0.1) is 0 Å². The standard InChI is InChI=1S/C8H11N5/c1-12-4-7(10-5-12)8-6(9)3-11-13(8)2/h3-5H,9H2,1-2H3. The van der Waals surface area contributed by atoms with Crippen molar-refractivity contribution in [2.75, 3.05) is 5.73 Å². The second-order valence-electron chi connectivity index (χ2n) is 3.00. The van der Waals surface area contributed by atoms with Crippen LogP contribution in [0.5, 0.6) is 0 Å². The zero-order valence-electron chi connectivity index (χ0n) is 7.60. The van der Waals surface area contributed by atoms with Gasteiger partial charge in [-0.25, -0.2) is 4.98 Å². The molecule has 0 radical (unpaired) electrons. The highest BCUT2D eigenvalue weighted by Gasteiger charge is 2.09. The predicted molar refractivity (Wildman–Crippen MR) is 49.8 cm³/mol. The summed E-state index contributed by atoms with van der Waals surface area (Å²) in [5.74, 6) is 0. The lowest BCUT2D eigenvalue weighted by Crippen LogP contribution is -1.95. The van der Waals surface area contributed by atoms with Gasteiger partial charge in [-0.15, -0.1) is 0 Å². The number of nitrogen functional groups attached to an aromatic ring is 1. The summed E-state index contributed by atoms with van der Waals surface area (Å²) < 4.78 is 3.60. The lowest BCUT2D eigenvalue weighted by atomic mass is 10.3. The fourth-order valence-corrected chi connectivity index (χ4v) is 1.30. The fourth-order valence-electron chi connectivity index (χ4n) is 1.30. The third-order valence-corrected chi connectivity index (χ3v) is 1.91. The van der Waals surface area contributed by atoms with Gasteiger partial charge in [0.15, 0.2) is 0 Å². The highest BCUT2D eigenvalue weighted by atomic mass is 15.3. The first-order valence-corrected chi connectivity index (χ1v) is 3.94. The Bertz CT molecular complexity index is 406. The summed E-state index contributed by atoms with van der Waals surface area (Å²) in [6.45, 7) is 0. The summed E-state index contributed by atoms with van der Waals surface area (Å²) in [6, 6.07) is 0. The maximum Gasteiger partial charge on any atom is 0.111 e. The van der Waals surface area contributed by atoms with Crippen LogP contribution in [0.15, 0.2) is 18.7 Å². The van der Waals surface area contributed by atoms with Crippen molar-refractivity contribution < 1.29 is 0 Å². The number of anilines is 1. The molecule has 68 valence electrons. The first kappa shape index (κ1) is 7.85. The molecule has 2 rings (SSSR count). The van der Waals surface area contributed by atoms with Gasteiger partial charge >= 0.3 is 0 Å². The van der Waals surface area contributed by atoms with Crippen molar-refractivity contribution in [2.45, 2.75) is 0 Å². The lowest BCUT2D eigenvalue weighted by molar-refractivity contribution is 0.774. The third kappa shape index (κ3) is 1.18. The van der Waals surface area contributed by atoms with Gasteiger partial charge in [0, 0.05) is 20.3 Å². The number of nitrogens with two attached hydrogens (primary N) is 1. The van der Waals surface area contributed by atoms with Crippen LogP contribution in [0.4, 0.5) is 5.69 Å². The SMILES string of the molecule is Cn1cnc(-c2c(N)cnn2C)c1. The highest BCUT2D eigenvalue weighted by molar-refractivity contribution is 5.68. The number of hydrogen-bond donors (Lipinski definition) is 1.